The van der Waals surface area contributed by atoms with Gasteiger partial charge in [0, 0.05) is 18.8 Å². The Labute approximate surface area is 143 Å². The summed E-state index contributed by atoms with van der Waals surface area (Å²) < 4.78 is 0. The highest BCUT2D eigenvalue weighted by molar-refractivity contribution is 5.44. The molecule has 3 heteroatoms. The van der Waals surface area contributed by atoms with E-state index < -0.39 is 5.60 Å². The quantitative estimate of drug-likeness (QED) is 0.757. The van der Waals surface area contributed by atoms with E-state index in [1.54, 1.807) is 12.4 Å². The lowest BCUT2D eigenvalue weighted by molar-refractivity contribution is 0.0771. The monoisotopic (exact) mass is 320 g/mol. The first-order valence-corrected chi connectivity index (χ1v) is 8.27. The van der Waals surface area contributed by atoms with Crippen LogP contribution in [0.3, 0.4) is 0 Å². The molecule has 0 bridgehead atoms. The normalized spacial score (nSPS) is 14.3. The predicted octanol–water partition coefficient (Wildman–Crippen LogP) is 4.19. The topological polar surface area (TPSA) is 48.9 Å². The molecule has 0 radical (unpaired) electrons. The van der Waals surface area contributed by atoms with Gasteiger partial charge in [-0.3, -0.25) is 0 Å². The molecule has 3 aromatic rings. The molecule has 1 heterocycles. The molecular formula is C21H24N2O. The molecule has 0 fully saturated rings. The highest BCUT2D eigenvalue weighted by Gasteiger charge is 2.36. The molecule has 2 aromatic carbocycles. The molecule has 1 unspecified atom stereocenters. The predicted molar refractivity (Wildman–Crippen MR) is 96.9 cm³/mol. The number of aliphatic hydroxyl groups is 1. The van der Waals surface area contributed by atoms with E-state index in [1.807, 2.05) is 48.5 Å². The van der Waals surface area contributed by atoms with Crippen LogP contribution in [-0.4, -0.2) is 15.1 Å². The zero-order valence-electron chi connectivity index (χ0n) is 14.5. The van der Waals surface area contributed by atoms with Crippen molar-refractivity contribution in [3.05, 3.63) is 89.5 Å². The van der Waals surface area contributed by atoms with E-state index in [4.69, 9.17) is 0 Å². The van der Waals surface area contributed by atoms with Gasteiger partial charge >= 0.3 is 0 Å². The number of nitrogens with one attached hydrogen (secondary N) is 1. The summed E-state index contributed by atoms with van der Waals surface area (Å²) in [4.78, 5) is 7.45. The summed E-state index contributed by atoms with van der Waals surface area (Å²) >= 11 is 0. The largest absolute Gasteiger partial charge is 0.380 e. The van der Waals surface area contributed by atoms with Gasteiger partial charge in [0.25, 0.3) is 0 Å². The van der Waals surface area contributed by atoms with Crippen LogP contribution in [0.5, 0.6) is 0 Å². The van der Waals surface area contributed by atoms with Crippen molar-refractivity contribution >= 4 is 0 Å². The molecule has 0 spiro atoms. The summed E-state index contributed by atoms with van der Waals surface area (Å²) in [5.41, 5.74) is 1.74. The number of aromatic amines is 1. The van der Waals surface area contributed by atoms with Crippen LogP contribution in [0, 0.1) is 0 Å². The molecule has 0 aliphatic heterocycles. The van der Waals surface area contributed by atoms with Crippen LogP contribution in [0.1, 0.15) is 43.3 Å². The summed E-state index contributed by atoms with van der Waals surface area (Å²) in [6, 6.07) is 18.0. The number of H-pyrrole nitrogens is 1. The fraction of sp³-hybridized carbons (Fsp3) is 0.286. The maximum atomic E-state index is 11.8. The number of nitrogens with zero attached hydrogens (tertiary/aromatic N) is 1. The Balaban J connectivity index is 2.20. The van der Waals surface area contributed by atoms with E-state index in [2.05, 4.69) is 36.8 Å². The molecular weight excluding hydrogens is 296 g/mol. The van der Waals surface area contributed by atoms with E-state index in [-0.39, 0.29) is 5.41 Å². The first kappa shape index (κ1) is 16.5. The number of benzene rings is 2. The molecule has 3 rings (SSSR count). The Morgan fingerprint density at radius 3 is 2.12 bits per heavy atom. The molecule has 0 saturated heterocycles. The van der Waals surface area contributed by atoms with Crippen molar-refractivity contribution in [3.63, 3.8) is 0 Å². The lowest BCUT2D eigenvalue weighted by Gasteiger charge is -2.34. The Hall–Kier alpha value is -2.39. The van der Waals surface area contributed by atoms with Gasteiger partial charge in [0.1, 0.15) is 11.4 Å². The van der Waals surface area contributed by atoms with Crippen LogP contribution in [0.4, 0.5) is 0 Å². The third-order valence-corrected chi connectivity index (χ3v) is 4.41. The molecule has 124 valence electrons. The highest BCUT2D eigenvalue weighted by atomic mass is 16.3. The Bertz CT molecular complexity index is 788. The van der Waals surface area contributed by atoms with E-state index in [1.165, 1.54) is 0 Å². The second-order valence-electron chi connectivity index (χ2n) is 7.23. The minimum atomic E-state index is -1.14. The third-order valence-electron chi connectivity index (χ3n) is 4.41. The van der Waals surface area contributed by atoms with Gasteiger partial charge < -0.3 is 10.1 Å². The van der Waals surface area contributed by atoms with Crippen LogP contribution < -0.4 is 0 Å². The maximum Gasteiger partial charge on any atom is 0.122 e. The fourth-order valence-electron chi connectivity index (χ4n) is 3.20. The molecule has 0 aliphatic rings. The van der Waals surface area contributed by atoms with Gasteiger partial charge in [0.2, 0.25) is 0 Å². The smallest absolute Gasteiger partial charge is 0.122 e. The van der Waals surface area contributed by atoms with E-state index in [0.29, 0.717) is 6.42 Å². The number of hydrogen-bond acceptors (Lipinski definition) is 2. The van der Waals surface area contributed by atoms with Crippen LogP contribution in [0.15, 0.2) is 67.0 Å². The van der Waals surface area contributed by atoms with Crippen LogP contribution in [0.2, 0.25) is 0 Å². The first-order valence-electron chi connectivity index (χ1n) is 8.27. The number of imidazole rings is 1. The van der Waals surface area contributed by atoms with Crippen molar-refractivity contribution < 1.29 is 5.11 Å². The standard InChI is InChI=1S/C21H24N2O/c1-20(2,3)17-11-7-8-12-18(17)21(24,15-19-22-13-14-23-19)16-9-5-4-6-10-16/h4-14,24H,15H2,1-3H3,(H,22,23). The average molecular weight is 320 g/mol. The summed E-state index contributed by atoms with van der Waals surface area (Å²) in [6.45, 7) is 6.51. The lowest BCUT2D eigenvalue weighted by Crippen LogP contribution is -2.34. The van der Waals surface area contributed by atoms with Crippen LogP contribution in [-0.2, 0) is 17.4 Å². The summed E-state index contributed by atoms with van der Waals surface area (Å²) in [5, 5.41) is 11.8. The van der Waals surface area contributed by atoms with Crippen molar-refractivity contribution in [1.29, 1.82) is 0 Å². The van der Waals surface area contributed by atoms with Crippen LogP contribution in [0.25, 0.3) is 0 Å². The van der Waals surface area contributed by atoms with Gasteiger partial charge in [0.05, 0.1) is 0 Å². The maximum absolute atomic E-state index is 11.8. The molecule has 3 nitrogen and oxygen atoms in total. The lowest BCUT2D eigenvalue weighted by atomic mass is 9.74. The average Bonchev–Trinajstić information content (AvgIpc) is 3.07. The Kier molecular flexibility index (Phi) is 4.29. The Morgan fingerprint density at radius 1 is 0.917 bits per heavy atom. The number of rotatable bonds is 4. The van der Waals surface area contributed by atoms with Gasteiger partial charge in [-0.05, 0) is 22.1 Å². The minimum absolute atomic E-state index is 0.0669. The highest BCUT2D eigenvalue weighted by Crippen LogP contribution is 2.38. The molecule has 2 N–H and O–H groups in total. The fourth-order valence-corrected chi connectivity index (χ4v) is 3.20. The zero-order chi connectivity index (χ0) is 17.2. The molecule has 1 aromatic heterocycles. The summed E-state index contributed by atoms with van der Waals surface area (Å²) in [5.74, 6) is 0.769. The van der Waals surface area contributed by atoms with E-state index in [0.717, 1.165) is 22.5 Å². The van der Waals surface area contributed by atoms with Crippen LogP contribution >= 0.6 is 0 Å². The third kappa shape index (κ3) is 3.13. The van der Waals surface area contributed by atoms with Gasteiger partial charge in [-0.2, -0.15) is 0 Å². The van der Waals surface area contributed by atoms with Crippen molar-refractivity contribution in [2.24, 2.45) is 0 Å². The van der Waals surface area contributed by atoms with Gasteiger partial charge in [-0.1, -0.05) is 75.4 Å². The Morgan fingerprint density at radius 2 is 1.54 bits per heavy atom. The molecule has 0 aliphatic carbocycles. The van der Waals surface area contributed by atoms with Crippen molar-refractivity contribution in [1.82, 2.24) is 9.97 Å². The second-order valence-corrected chi connectivity index (χ2v) is 7.23. The minimum Gasteiger partial charge on any atom is -0.380 e. The van der Waals surface area contributed by atoms with E-state index >= 15 is 0 Å². The molecule has 0 amide bonds. The first-order chi connectivity index (χ1) is 11.4. The summed E-state index contributed by atoms with van der Waals surface area (Å²) in [7, 11) is 0. The van der Waals surface area contributed by atoms with Gasteiger partial charge in [-0.15, -0.1) is 0 Å². The molecule has 24 heavy (non-hydrogen) atoms. The van der Waals surface area contributed by atoms with Crippen molar-refractivity contribution in [2.75, 3.05) is 0 Å². The van der Waals surface area contributed by atoms with Gasteiger partial charge in [-0.25, -0.2) is 4.98 Å². The second kappa shape index (κ2) is 6.25. The van der Waals surface area contributed by atoms with Gasteiger partial charge in [0.15, 0.2) is 0 Å². The molecule has 1 atom stereocenters. The number of hydrogen-bond donors (Lipinski definition) is 2. The molecule has 0 saturated carbocycles. The van der Waals surface area contributed by atoms with Crippen molar-refractivity contribution in [2.45, 2.75) is 38.2 Å². The van der Waals surface area contributed by atoms with E-state index in [9.17, 15) is 5.11 Å². The number of aromatic nitrogens is 2. The van der Waals surface area contributed by atoms with Crippen molar-refractivity contribution in [3.8, 4) is 0 Å². The SMILES string of the molecule is CC(C)(C)c1ccccc1C(O)(Cc1ncc[nH]1)c1ccccc1. The zero-order valence-corrected chi connectivity index (χ0v) is 14.5. The summed E-state index contributed by atoms with van der Waals surface area (Å²) in [6.07, 6.45) is 3.91.